The van der Waals surface area contributed by atoms with Gasteiger partial charge in [0.15, 0.2) is 0 Å². The average molecular weight is 495 g/mol. The van der Waals surface area contributed by atoms with Crippen LogP contribution < -0.4 is 4.74 Å². The number of fused-ring (bicyclic) bond motifs is 1. The lowest BCUT2D eigenvalue weighted by atomic mass is 10.0. The molecule has 1 aromatic heterocycles. The van der Waals surface area contributed by atoms with Gasteiger partial charge in [0.2, 0.25) is 5.91 Å². The van der Waals surface area contributed by atoms with E-state index in [-0.39, 0.29) is 31.2 Å². The predicted molar refractivity (Wildman–Crippen MR) is 133 cm³/mol. The van der Waals surface area contributed by atoms with E-state index >= 15 is 0 Å². The van der Waals surface area contributed by atoms with Crippen molar-refractivity contribution in [1.29, 1.82) is 0 Å². The summed E-state index contributed by atoms with van der Waals surface area (Å²) < 4.78 is 11.6. The number of nitrogens with zero attached hydrogens (tertiary/aromatic N) is 2. The molecule has 3 rings (SSSR count). The summed E-state index contributed by atoms with van der Waals surface area (Å²) in [5.41, 5.74) is 1.17. The lowest BCUT2D eigenvalue weighted by Gasteiger charge is -2.37. The van der Waals surface area contributed by atoms with Crippen LogP contribution in [0.4, 0.5) is 0 Å². The van der Waals surface area contributed by atoms with Crippen molar-refractivity contribution in [3.63, 3.8) is 0 Å². The Bertz CT molecular complexity index is 874. The maximum absolute atomic E-state index is 13.4. The molecule has 1 N–H and O–H groups in total. The minimum atomic E-state index is -0.624. The van der Waals surface area contributed by atoms with Crippen molar-refractivity contribution in [2.45, 2.75) is 51.9 Å². The largest absolute Gasteiger partial charge is 0.491 e. The highest BCUT2D eigenvalue weighted by atomic mass is 35.5. The molecule has 2 aromatic rings. The number of carbonyl (C=O) groups is 1. The first-order chi connectivity index (χ1) is 15.9. The molecule has 0 radical (unpaired) electrons. The molecule has 1 amide bonds. The summed E-state index contributed by atoms with van der Waals surface area (Å²) in [6.07, 6.45) is 1.20. The quantitative estimate of drug-likeness (QED) is 0.473. The van der Waals surface area contributed by atoms with Crippen molar-refractivity contribution < 1.29 is 19.4 Å². The van der Waals surface area contributed by atoms with Gasteiger partial charge in [0.05, 0.1) is 31.4 Å². The van der Waals surface area contributed by atoms with Gasteiger partial charge in [-0.3, -0.25) is 9.69 Å². The van der Waals surface area contributed by atoms with Gasteiger partial charge in [-0.15, -0.1) is 11.3 Å². The fourth-order valence-electron chi connectivity index (χ4n) is 4.07. The van der Waals surface area contributed by atoms with Gasteiger partial charge in [-0.05, 0) is 74.5 Å². The van der Waals surface area contributed by atoms with Crippen LogP contribution in [0.3, 0.4) is 0 Å². The highest BCUT2D eigenvalue weighted by molar-refractivity contribution is 7.10. The number of carbonyl (C=O) groups excluding carboxylic acids is 1. The molecule has 1 aliphatic rings. The molecule has 0 saturated heterocycles. The van der Waals surface area contributed by atoms with Crippen molar-refractivity contribution in [3.8, 4) is 5.75 Å². The van der Waals surface area contributed by atoms with Gasteiger partial charge in [0, 0.05) is 23.0 Å². The first kappa shape index (κ1) is 26.0. The molecule has 2 heterocycles. The van der Waals surface area contributed by atoms with Gasteiger partial charge < -0.3 is 19.5 Å². The maximum Gasteiger partial charge on any atom is 0.237 e. The van der Waals surface area contributed by atoms with E-state index in [9.17, 15) is 9.90 Å². The zero-order valence-electron chi connectivity index (χ0n) is 19.7. The molecule has 182 valence electrons. The van der Waals surface area contributed by atoms with Crippen LogP contribution >= 0.6 is 22.9 Å². The van der Waals surface area contributed by atoms with Crippen LogP contribution in [0.25, 0.3) is 0 Å². The predicted octanol–water partition coefficient (Wildman–Crippen LogP) is 4.40. The number of hydrogen-bond donors (Lipinski definition) is 1. The van der Waals surface area contributed by atoms with Crippen molar-refractivity contribution >= 4 is 28.8 Å². The molecule has 6 nitrogen and oxygen atoms in total. The van der Waals surface area contributed by atoms with Crippen LogP contribution in [0, 0.1) is 0 Å². The standard InChI is InChI=1S/C25H35ClN2O4S/c1-4-11-27(14-20(29)16-31-18(2)3)15-25(30)28-12-9-24-22(10-13-33-24)23(28)17-32-21-7-5-19(26)6-8-21/h5-8,10,13,18,20,23,29H,4,9,11-12,14-17H2,1-3H3/t20-,23-/m0/s1. The van der Waals surface area contributed by atoms with Gasteiger partial charge in [-0.25, -0.2) is 0 Å². The monoisotopic (exact) mass is 494 g/mol. The van der Waals surface area contributed by atoms with Crippen molar-refractivity contribution in [2.75, 3.05) is 39.4 Å². The highest BCUT2D eigenvalue weighted by Gasteiger charge is 2.33. The third-order valence-corrected chi connectivity index (χ3v) is 6.87. The Morgan fingerprint density at radius 2 is 2.06 bits per heavy atom. The molecule has 0 saturated carbocycles. The number of aliphatic hydroxyl groups is 1. The number of amides is 1. The third kappa shape index (κ3) is 7.69. The summed E-state index contributed by atoms with van der Waals surface area (Å²) in [7, 11) is 0. The Balaban J connectivity index is 1.67. The van der Waals surface area contributed by atoms with E-state index in [2.05, 4.69) is 18.4 Å². The van der Waals surface area contributed by atoms with Crippen molar-refractivity contribution in [1.82, 2.24) is 9.80 Å². The summed E-state index contributed by atoms with van der Waals surface area (Å²) in [5.74, 6) is 0.789. The van der Waals surface area contributed by atoms with Gasteiger partial charge in [0.25, 0.3) is 0 Å². The number of hydrogen-bond acceptors (Lipinski definition) is 6. The molecule has 1 aliphatic heterocycles. The molecule has 0 fully saturated rings. The number of thiophene rings is 1. The first-order valence-corrected chi connectivity index (χ1v) is 12.9. The second kappa shape index (κ2) is 12.7. The number of halogens is 1. The Kier molecular flexibility index (Phi) is 10.0. The minimum Gasteiger partial charge on any atom is -0.491 e. The van der Waals surface area contributed by atoms with Gasteiger partial charge in [0.1, 0.15) is 12.4 Å². The number of benzene rings is 1. The van der Waals surface area contributed by atoms with Gasteiger partial charge >= 0.3 is 0 Å². The molecule has 0 unspecified atom stereocenters. The van der Waals surface area contributed by atoms with Crippen molar-refractivity contribution in [2.24, 2.45) is 0 Å². The highest BCUT2D eigenvalue weighted by Crippen LogP contribution is 2.34. The Hall–Kier alpha value is -1.64. The summed E-state index contributed by atoms with van der Waals surface area (Å²) in [4.78, 5) is 18.7. The van der Waals surface area contributed by atoms with Crippen molar-refractivity contribution in [3.05, 3.63) is 51.2 Å². The normalized spacial score (nSPS) is 16.8. The second-order valence-corrected chi connectivity index (χ2v) is 10.1. The van der Waals surface area contributed by atoms with Gasteiger partial charge in [-0.2, -0.15) is 0 Å². The average Bonchev–Trinajstić information content (AvgIpc) is 3.26. The van der Waals surface area contributed by atoms with E-state index in [0.717, 1.165) is 25.1 Å². The number of rotatable bonds is 12. The van der Waals surface area contributed by atoms with E-state index < -0.39 is 6.10 Å². The SMILES string of the molecule is CCCN(CC(=O)N1CCc2sccc2[C@@H]1COc1ccc(Cl)cc1)C[C@H](O)COC(C)C. The van der Waals surface area contributed by atoms with E-state index in [1.165, 1.54) is 10.4 Å². The maximum atomic E-state index is 13.4. The topological polar surface area (TPSA) is 62.2 Å². The lowest BCUT2D eigenvalue weighted by molar-refractivity contribution is -0.136. The summed E-state index contributed by atoms with van der Waals surface area (Å²) in [5, 5.41) is 13.1. The van der Waals surface area contributed by atoms with Gasteiger partial charge in [-0.1, -0.05) is 18.5 Å². The minimum absolute atomic E-state index is 0.0574. The van der Waals surface area contributed by atoms with Crippen LogP contribution in [0.5, 0.6) is 5.75 Å². The third-order valence-electron chi connectivity index (χ3n) is 5.63. The van der Waals surface area contributed by atoms with Crippen LogP contribution in [0.2, 0.25) is 5.02 Å². The smallest absolute Gasteiger partial charge is 0.237 e. The second-order valence-electron chi connectivity index (χ2n) is 8.69. The molecule has 0 bridgehead atoms. The Morgan fingerprint density at radius 1 is 1.30 bits per heavy atom. The molecular weight excluding hydrogens is 460 g/mol. The number of ether oxygens (including phenoxy) is 2. The molecule has 2 atom stereocenters. The van der Waals surface area contributed by atoms with Crippen LogP contribution in [-0.2, 0) is 16.0 Å². The zero-order valence-corrected chi connectivity index (χ0v) is 21.3. The van der Waals surface area contributed by atoms with Crippen LogP contribution in [0.15, 0.2) is 35.7 Å². The fourth-order valence-corrected chi connectivity index (χ4v) is 5.12. The lowest BCUT2D eigenvalue weighted by Crippen LogP contribution is -2.48. The molecule has 0 spiro atoms. The molecule has 33 heavy (non-hydrogen) atoms. The molecular formula is C25H35ClN2O4S. The van der Waals surface area contributed by atoms with E-state index in [1.807, 2.05) is 35.8 Å². The summed E-state index contributed by atoms with van der Waals surface area (Å²) in [6, 6.07) is 9.25. The Morgan fingerprint density at radius 3 is 2.76 bits per heavy atom. The summed E-state index contributed by atoms with van der Waals surface area (Å²) in [6.45, 7) is 8.72. The Labute approximate surface area is 206 Å². The van der Waals surface area contributed by atoms with E-state index in [4.69, 9.17) is 21.1 Å². The number of aliphatic hydroxyl groups excluding tert-OH is 1. The van der Waals surface area contributed by atoms with E-state index in [1.54, 1.807) is 23.5 Å². The fraction of sp³-hybridized carbons (Fsp3) is 0.560. The van der Waals surface area contributed by atoms with Crippen LogP contribution in [0.1, 0.15) is 43.7 Å². The van der Waals surface area contributed by atoms with Crippen LogP contribution in [-0.4, -0.2) is 72.4 Å². The summed E-state index contributed by atoms with van der Waals surface area (Å²) >= 11 is 7.72. The molecule has 8 heteroatoms. The first-order valence-electron chi connectivity index (χ1n) is 11.6. The molecule has 1 aromatic carbocycles. The zero-order chi connectivity index (χ0) is 23.8. The van der Waals surface area contributed by atoms with E-state index in [0.29, 0.717) is 24.7 Å². The molecule has 0 aliphatic carbocycles.